The molecule has 0 aromatic heterocycles. The standard InChI is InChI=1S/C14H29NO2Si/c1-12(2)11-13(3)15-8-6-10-18(5)16-9-7-14(4)17-18/h12,14H,6-11H2,1-5H3/b15-13+. The van der Waals surface area contributed by atoms with Crippen molar-refractivity contribution in [1.82, 2.24) is 0 Å². The van der Waals surface area contributed by atoms with Gasteiger partial charge in [0.05, 0.1) is 0 Å². The Bertz CT molecular complexity index is 281. The van der Waals surface area contributed by atoms with Gasteiger partial charge >= 0.3 is 8.56 Å². The van der Waals surface area contributed by atoms with Crippen LogP contribution >= 0.6 is 0 Å². The minimum atomic E-state index is -1.87. The lowest BCUT2D eigenvalue weighted by atomic mass is 10.1. The number of hydrogen-bond acceptors (Lipinski definition) is 3. The molecule has 0 aromatic rings. The maximum absolute atomic E-state index is 6.01. The fourth-order valence-corrected chi connectivity index (χ4v) is 5.07. The molecular formula is C14H29NO2Si. The minimum Gasteiger partial charge on any atom is -0.394 e. The molecule has 1 aliphatic rings. The van der Waals surface area contributed by atoms with Crippen LogP contribution in [0.25, 0.3) is 0 Å². The Kier molecular flexibility index (Phi) is 6.53. The SMILES string of the molecule is C/C(CC(C)C)=N\CCC[Si]1(C)OCCC(C)O1. The van der Waals surface area contributed by atoms with Crippen molar-refractivity contribution in [3.63, 3.8) is 0 Å². The molecule has 1 fully saturated rings. The summed E-state index contributed by atoms with van der Waals surface area (Å²) in [6.07, 6.45) is 3.61. The predicted molar refractivity (Wildman–Crippen MR) is 79.6 cm³/mol. The van der Waals surface area contributed by atoms with E-state index < -0.39 is 8.56 Å². The van der Waals surface area contributed by atoms with Crippen molar-refractivity contribution in [2.45, 2.75) is 65.7 Å². The summed E-state index contributed by atoms with van der Waals surface area (Å²) < 4.78 is 11.9. The van der Waals surface area contributed by atoms with Crippen LogP contribution in [0.1, 0.15) is 47.0 Å². The molecule has 2 atom stereocenters. The average Bonchev–Trinajstić information content (AvgIpc) is 2.23. The molecule has 1 saturated heterocycles. The summed E-state index contributed by atoms with van der Waals surface area (Å²) in [4.78, 5) is 4.63. The normalized spacial score (nSPS) is 29.9. The highest BCUT2D eigenvalue weighted by Crippen LogP contribution is 2.23. The summed E-state index contributed by atoms with van der Waals surface area (Å²) >= 11 is 0. The van der Waals surface area contributed by atoms with E-state index in [0.29, 0.717) is 12.0 Å². The van der Waals surface area contributed by atoms with Gasteiger partial charge in [0, 0.05) is 25.0 Å². The molecule has 0 aliphatic carbocycles. The van der Waals surface area contributed by atoms with E-state index in [1.807, 2.05) is 0 Å². The quantitative estimate of drug-likeness (QED) is 0.418. The zero-order valence-electron chi connectivity index (χ0n) is 12.7. The molecule has 1 aliphatic heterocycles. The minimum absolute atomic E-state index is 0.376. The van der Waals surface area contributed by atoms with Crippen molar-refractivity contribution in [2.24, 2.45) is 10.9 Å². The number of aliphatic imine (C=N–C) groups is 1. The molecule has 0 amide bonds. The summed E-state index contributed by atoms with van der Waals surface area (Å²) in [5, 5.41) is 0. The zero-order chi connectivity index (χ0) is 13.6. The monoisotopic (exact) mass is 271 g/mol. The van der Waals surface area contributed by atoms with Gasteiger partial charge in [-0.15, -0.1) is 0 Å². The highest BCUT2D eigenvalue weighted by atomic mass is 28.4. The summed E-state index contributed by atoms with van der Waals surface area (Å²) in [5.74, 6) is 0.700. The van der Waals surface area contributed by atoms with Crippen LogP contribution < -0.4 is 0 Å². The zero-order valence-corrected chi connectivity index (χ0v) is 13.7. The largest absolute Gasteiger partial charge is 0.394 e. The van der Waals surface area contributed by atoms with E-state index in [0.717, 1.165) is 38.5 Å². The molecule has 0 bridgehead atoms. The van der Waals surface area contributed by atoms with Crippen LogP contribution in [-0.2, 0) is 8.85 Å². The van der Waals surface area contributed by atoms with Crippen LogP contribution in [0, 0.1) is 5.92 Å². The molecular weight excluding hydrogens is 242 g/mol. The molecule has 106 valence electrons. The van der Waals surface area contributed by atoms with E-state index in [-0.39, 0.29) is 0 Å². The Labute approximate surface area is 113 Å². The molecule has 2 unspecified atom stereocenters. The van der Waals surface area contributed by atoms with Gasteiger partial charge in [-0.3, -0.25) is 4.99 Å². The van der Waals surface area contributed by atoms with Gasteiger partial charge in [0.15, 0.2) is 0 Å². The lowest BCUT2D eigenvalue weighted by Crippen LogP contribution is -2.46. The van der Waals surface area contributed by atoms with Gasteiger partial charge in [0.2, 0.25) is 0 Å². The molecule has 0 radical (unpaired) electrons. The van der Waals surface area contributed by atoms with Crippen molar-refractivity contribution in [3.05, 3.63) is 0 Å². The van der Waals surface area contributed by atoms with Gasteiger partial charge in [0.1, 0.15) is 0 Å². The molecule has 4 heteroatoms. The number of rotatable bonds is 6. The van der Waals surface area contributed by atoms with Crippen molar-refractivity contribution in [1.29, 1.82) is 0 Å². The molecule has 3 nitrogen and oxygen atoms in total. The summed E-state index contributed by atoms with van der Waals surface area (Å²) in [7, 11) is -1.87. The number of hydrogen-bond donors (Lipinski definition) is 0. The molecule has 0 aromatic carbocycles. The van der Waals surface area contributed by atoms with Crippen LogP contribution in [0.5, 0.6) is 0 Å². The van der Waals surface area contributed by atoms with Gasteiger partial charge in [-0.05, 0) is 51.6 Å². The Morgan fingerprint density at radius 2 is 2.17 bits per heavy atom. The fraction of sp³-hybridized carbons (Fsp3) is 0.929. The summed E-state index contributed by atoms with van der Waals surface area (Å²) in [6, 6.07) is 1.07. The van der Waals surface area contributed by atoms with Crippen LogP contribution in [0.3, 0.4) is 0 Å². The smallest absolute Gasteiger partial charge is 0.335 e. The molecule has 0 N–H and O–H groups in total. The Morgan fingerprint density at radius 1 is 1.44 bits per heavy atom. The Balaban J connectivity index is 2.24. The van der Waals surface area contributed by atoms with E-state index in [9.17, 15) is 0 Å². The first-order valence-electron chi connectivity index (χ1n) is 7.23. The van der Waals surface area contributed by atoms with E-state index >= 15 is 0 Å². The first-order chi connectivity index (χ1) is 8.41. The van der Waals surface area contributed by atoms with Crippen LogP contribution in [0.4, 0.5) is 0 Å². The van der Waals surface area contributed by atoms with E-state index in [2.05, 4.69) is 39.2 Å². The maximum atomic E-state index is 6.01. The second kappa shape index (κ2) is 7.41. The van der Waals surface area contributed by atoms with Crippen molar-refractivity contribution >= 4 is 14.3 Å². The van der Waals surface area contributed by atoms with Crippen LogP contribution in [0.15, 0.2) is 4.99 Å². The number of nitrogens with zero attached hydrogens (tertiary/aromatic N) is 1. The lowest BCUT2D eigenvalue weighted by Gasteiger charge is -2.35. The topological polar surface area (TPSA) is 30.8 Å². The van der Waals surface area contributed by atoms with Gasteiger partial charge in [0.25, 0.3) is 0 Å². The Hall–Kier alpha value is -0.193. The Morgan fingerprint density at radius 3 is 2.78 bits per heavy atom. The lowest BCUT2D eigenvalue weighted by molar-refractivity contribution is 0.0601. The van der Waals surface area contributed by atoms with Crippen LogP contribution in [-0.4, -0.2) is 33.5 Å². The van der Waals surface area contributed by atoms with Crippen molar-refractivity contribution in [2.75, 3.05) is 13.2 Å². The summed E-state index contributed by atoms with van der Waals surface area (Å²) in [6.45, 7) is 12.7. The predicted octanol–water partition coefficient (Wildman–Crippen LogP) is 3.78. The average molecular weight is 271 g/mol. The second-order valence-corrected chi connectivity index (χ2v) is 9.31. The van der Waals surface area contributed by atoms with Gasteiger partial charge in [-0.1, -0.05) is 13.8 Å². The third-order valence-corrected chi connectivity index (χ3v) is 6.23. The highest BCUT2D eigenvalue weighted by Gasteiger charge is 2.35. The second-order valence-electron chi connectivity index (χ2n) is 6.02. The fourth-order valence-electron chi connectivity index (χ4n) is 2.42. The molecule has 18 heavy (non-hydrogen) atoms. The summed E-state index contributed by atoms with van der Waals surface area (Å²) in [5.41, 5.74) is 1.27. The third kappa shape index (κ3) is 6.11. The highest BCUT2D eigenvalue weighted by molar-refractivity contribution is 6.66. The first-order valence-corrected chi connectivity index (χ1v) is 9.75. The van der Waals surface area contributed by atoms with E-state index in [1.54, 1.807) is 0 Å². The molecule has 1 heterocycles. The van der Waals surface area contributed by atoms with E-state index in [4.69, 9.17) is 8.85 Å². The third-order valence-electron chi connectivity index (χ3n) is 3.26. The molecule has 0 spiro atoms. The molecule has 1 rings (SSSR count). The first kappa shape index (κ1) is 15.9. The van der Waals surface area contributed by atoms with E-state index in [1.165, 1.54) is 5.71 Å². The van der Waals surface area contributed by atoms with Gasteiger partial charge < -0.3 is 8.85 Å². The van der Waals surface area contributed by atoms with Crippen molar-refractivity contribution in [3.8, 4) is 0 Å². The van der Waals surface area contributed by atoms with Crippen LogP contribution in [0.2, 0.25) is 12.6 Å². The van der Waals surface area contributed by atoms with Gasteiger partial charge in [-0.25, -0.2) is 0 Å². The maximum Gasteiger partial charge on any atom is 0.335 e. The van der Waals surface area contributed by atoms with Crippen molar-refractivity contribution < 1.29 is 8.85 Å². The van der Waals surface area contributed by atoms with Gasteiger partial charge in [-0.2, -0.15) is 0 Å². The molecule has 0 saturated carbocycles.